The maximum absolute atomic E-state index is 8.35. The molecule has 7 nitrogen and oxygen atoms in total. The zero-order chi connectivity index (χ0) is 22.2. The molecule has 0 amide bonds. The van der Waals surface area contributed by atoms with Crippen LogP contribution in [0, 0.1) is 16.7 Å². The van der Waals surface area contributed by atoms with Crippen LogP contribution in [0.4, 0.5) is 0 Å². The van der Waals surface area contributed by atoms with Crippen LogP contribution in [0.2, 0.25) is 0 Å². The van der Waals surface area contributed by atoms with Crippen LogP contribution in [0.5, 0.6) is 0 Å². The van der Waals surface area contributed by atoms with Gasteiger partial charge in [-0.1, -0.05) is 32.1 Å². The standard InChI is InChI=1S/C24H33N7/c1-16(26)20(15-28-2)19-12-22-21(29-14-19)8-9-24(30-22)31-23(27)11-18(13-25)10-17-6-4-3-5-7-17/h8-9,11-15,17,25,29-30H,3-7,10,26H2,1-2H3,(H2,27,31). The van der Waals surface area contributed by atoms with Gasteiger partial charge < -0.3 is 27.1 Å². The molecule has 0 unspecified atom stereocenters. The van der Waals surface area contributed by atoms with Crippen molar-refractivity contribution in [2.75, 3.05) is 7.05 Å². The summed E-state index contributed by atoms with van der Waals surface area (Å²) < 4.78 is 0. The molecule has 0 spiro atoms. The minimum absolute atomic E-state index is 0.265. The molecule has 7 N–H and O–H groups in total. The summed E-state index contributed by atoms with van der Waals surface area (Å²) in [5, 5.41) is 25.8. The SMILES string of the molecule is CN=CC(C1=CNC2=CC=C(NC(=N)C=C(C=N)CC3CCCCC3)NC2=C1)=C(C)N. The van der Waals surface area contributed by atoms with Gasteiger partial charge in [-0.25, -0.2) is 0 Å². The van der Waals surface area contributed by atoms with E-state index in [-0.39, 0.29) is 5.84 Å². The Kier molecular flexibility index (Phi) is 7.65. The Morgan fingerprint density at radius 1 is 1.26 bits per heavy atom. The van der Waals surface area contributed by atoms with E-state index in [1.807, 2.05) is 31.4 Å². The number of hydrogen-bond donors (Lipinski definition) is 6. The lowest BCUT2D eigenvalue weighted by molar-refractivity contribution is 0.359. The molecule has 3 rings (SSSR count). The fraction of sp³-hybridized carbons (Fsp3) is 0.375. The molecule has 2 heterocycles. The van der Waals surface area contributed by atoms with Gasteiger partial charge in [0.2, 0.25) is 0 Å². The van der Waals surface area contributed by atoms with E-state index in [0.717, 1.165) is 34.5 Å². The zero-order valence-electron chi connectivity index (χ0n) is 18.4. The van der Waals surface area contributed by atoms with Gasteiger partial charge in [-0.05, 0) is 49.1 Å². The molecular weight excluding hydrogens is 386 g/mol. The summed E-state index contributed by atoms with van der Waals surface area (Å²) in [6.45, 7) is 1.85. The maximum Gasteiger partial charge on any atom is 0.123 e. The molecule has 0 radical (unpaired) electrons. The molecule has 0 saturated heterocycles. The summed E-state index contributed by atoms with van der Waals surface area (Å²) in [6, 6.07) is 0. The van der Waals surface area contributed by atoms with Gasteiger partial charge in [0.05, 0.1) is 11.4 Å². The van der Waals surface area contributed by atoms with Crippen molar-refractivity contribution in [3.63, 3.8) is 0 Å². The minimum atomic E-state index is 0.265. The average molecular weight is 420 g/mol. The molecule has 0 bridgehead atoms. The fourth-order valence-electron chi connectivity index (χ4n) is 4.12. The summed E-state index contributed by atoms with van der Waals surface area (Å²) in [5.41, 5.74) is 11.2. The molecular formula is C24H33N7. The van der Waals surface area contributed by atoms with Crippen molar-refractivity contribution >= 4 is 18.3 Å². The van der Waals surface area contributed by atoms with E-state index in [1.54, 1.807) is 19.3 Å². The van der Waals surface area contributed by atoms with E-state index in [1.165, 1.54) is 38.3 Å². The number of allylic oxidation sites excluding steroid dienone is 7. The zero-order valence-corrected chi connectivity index (χ0v) is 18.4. The summed E-state index contributed by atoms with van der Waals surface area (Å²) in [7, 11) is 1.72. The topological polar surface area (TPSA) is 122 Å². The van der Waals surface area contributed by atoms with Crippen LogP contribution in [0.25, 0.3) is 0 Å². The first kappa shape index (κ1) is 22.3. The molecule has 1 saturated carbocycles. The van der Waals surface area contributed by atoms with Crippen LogP contribution in [-0.2, 0) is 0 Å². The first-order valence-corrected chi connectivity index (χ1v) is 10.8. The lowest BCUT2D eigenvalue weighted by Crippen LogP contribution is -2.34. The average Bonchev–Trinajstić information content (AvgIpc) is 2.77. The van der Waals surface area contributed by atoms with E-state index in [9.17, 15) is 0 Å². The molecule has 0 aromatic carbocycles. The monoisotopic (exact) mass is 419 g/mol. The van der Waals surface area contributed by atoms with Crippen LogP contribution in [0.15, 0.2) is 75.1 Å². The first-order valence-electron chi connectivity index (χ1n) is 10.8. The number of dihydropyridines is 2. The minimum Gasteiger partial charge on any atom is -0.402 e. The Bertz CT molecular complexity index is 931. The van der Waals surface area contributed by atoms with Gasteiger partial charge in [0.15, 0.2) is 0 Å². The van der Waals surface area contributed by atoms with Crippen LogP contribution in [-0.4, -0.2) is 25.3 Å². The Labute approximate surface area is 184 Å². The van der Waals surface area contributed by atoms with E-state index in [4.69, 9.17) is 16.6 Å². The fourth-order valence-corrected chi connectivity index (χ4v) is 4.12. The van der Waals surface area contributed by atoms with Crippen LogP contribution in [0.3, 0.4) is 0 Å². The molecule has 2 aliphatic heterocycles. The Balaban J connectivity index is 1.66. The van der Waals surface area contributed by atoms with E-state index >= 15 is 0 Å². The van der Waals surface area contributed by atoms with Crippen molar-refractivity contribution < 1.29 is 0 Å². The maximum atomic E-state index is 8.35. The van der Waals surface area contributed by atoms with Crippen molar-refractivity contribution in [2.45, 2.75) is 45.4 Å². The number of aliphatic imine (C=N–C) groups is 1. The molecule has 0 aromatic rings. The van der Waals surface area contributed by atoms with E-state index in [2.05, 4.69) is 20.9 Å². The summed E-state index contributed by atoms with van der Waals surface area (Å²) in [4.78, 5) is 4.10. The molecule has 31 heavy (non-hydrogen) atoms. The number of nitrogens with two attached hydrogens (primary N) is 1. The van der Waals surface area contributed by atoms with Crippen molar-refractivity contribution in [1.29, 1.82) is 10.8 Å². The van der Waals surface area contributed by atoms with Crippen molar-refractivity contribution in [1.82, 2.24) is 16.0 Å². The van der Waals surface area contributed by atoms with Crippen molar-refractivity contribution in [3.8, 4) is 0 Å². The summed E-state index contributed by atoms with van der Waals surface area (Å²) in [6.07, 6.45) is 19.9. The predicted molar refractivity (Wildman–Crippen MR) is 129 cm³/mol. The third kappa shape index (κ3) is 6.07. The third-order valence-corrected chi connectivity index (χ3v) is 5.69. The second-order valence-electron chi connectivity index (χ2n) is 8.18. The van der Waals surface area contributed by atoms with E-state index in [0.29, 0.717) is 17.4 Å². The molecule has 1 fully saturated rings. The molecule has 1 aliphatic carbocycles. The smallest absolute Gasteiger partial charge is 0.123 e. The number of hydrogen-bond acceptors (Lipinski definition) is 6. The highest BCUT2D eigenvalue weighted by molar-refractivity contribution is 5.96. The highest BCUT2D eigenvalue weighted by Crippen LogP contribution is 2.28. The lowest BCUT2D eigenvalue weighted by atomic mass is 9.85. The van der Waals surface area contributed by atoms with Gasteiger partial charge in [-0.2, -0.15) is 0 Å². The Morgan fingerprint density at radius 2 is 2.03 bits per heavy atom. The highest BCUT2D eigenvalue weighted by atomic mass is 15.1. The number of nitrogens with zero attached hydrogens (tertiary/aromatic N) is 1. The quantitative estimate of drug-likeness (QED) is 0.278. The molecule has 3 aliphatic rings. The molecule has 164 valence electrons. The number of nitrogens with one attached hydrogen (secondary N) is 5. The number of amidine groups is 1. The van der Waals surface area contributed by atoms with Gasteiger partial charge >= 0.3 is 0 Å². The Morgan fingerprint density at radius 3 is 2.71 bits per heavy atom. The summed E-state index contributed by atoms with van der Waals surface area (Å²) >= 11 is 0. The first-order chi connectivity index (χ1) is 15.0. The highest BCUT2D eigenvalue weighted by Gasteiger charge is 2.18. The second-order valence-corrected chi connectivity index (χ2v) is 8.18. The summed E-state index contributed by atoms with van der Waals surface area (Å²) in [5.74, 6) is 1.61. The van der Waals surface area contributed by atoms with Gasteiger partial charge in [0, 0.05) is 42.5 Å². The van der Waals surface area contributed by atoms with Crippen molar-refractivity contribution in [3.05, 3.63) is 70.1 Å². The molecule has 0 aromatic heterocycles. The van der Waals surface area contributed by atoms with Gasteiger partial charge in [-0.15, -0.1) is 0 Å². The normalized spacial score (nSPS) is 20.3. The van der Waals surface area contributed by atoms with Crippen LogP contribution in [0.1, 0.15) is 45.4 Å². The molecule has 7 heteroatoms. The Hall–Kier alpha value is -3.35. The van der Waals surface area contributed by atoms with Crippen molar-refractivity contribution in [2.24, 2.45) is 16.6 Å². The molecule has 0 atom stereocenters. The lowest BCUT2D eigenvalue weighted by Gasteiger charge is -2.25. The second kappa shape index (κ2) is 10.6. The van der Waals surface area contributed by atoms with Gasteiger partial charge in [0.1, 0.15) is 11.7 Å². The predicted octanol–water partition coefficient (Wildman–Crippen LogP) is 3.73. The third-order valence-electron chi connectivity index (χ3n) is 5.69. The largest absolute Gasteiger partial charge is 0.402 e. The van der Waals surface area contributed by atoms with Crippen LogP contribution < -0.4 is 21.7 Å². The number of fused-ring (bicyclic) bond motifs is 1. The van der Waals surface area contributed by atoms with E-state index < -0.39 is 0 Å². The number of rotatable bonds is 7. The van der Waals surface area contributed by atoms with Gasteiger partial charge in [-0.3, -0.25) is 10.4 Å². The van der Waals surface area contributed by atoms with Crippen LogP contribution >= 0.6 is 0 Å². The van der Waals surface area contributed by atoms with Gasteiger partial charge in [0.25, 0.3) is 0 Å².